The Morgan fingerprint density at radius 2 is 1.91 bits per heavy atom. The van der Waals surface area contributed by atoms with Crippen molar-refractivity contribution in [2.24, 2.45) is 0 Å². The second-order valence-electron chi connectivity index (χ2n) is 3.73. The average molecular weight is 149 g/mol. The molecule has 0 N–H and O–H groups in total. The number of hydrogen-bond donors (Lipinski definition) is 0. The molecule has 0 unspecified atom stereocenters. The van der Waals surface area contributed by atoms with E-state index in [-0.39, 0.29) is 5.54 Å². The smallest absolute Gasteiger partial charge is 0.0361 e. The maximum absolute atomic E-state index is 3.95. The van der Waals surface area contributed by atoms with Gasteiger partial charge in [0, 0.05) is 17.4 Å². The minimum absolute atomic E-state index is 0.137. The monoisotopic (exact) mass is 149 g/mol. The molecule has 0 spiro atoms. The highest BCUT2D eigenvalue weighted by Gasteiger charge is 2.19. The fraction of sp³-hybridized carbons (Fsp3) is 0.400. The summed E-state index contributed by atoms with van der Waals surface area (Å²) in [5.74, 6) is 0. The molecule has 60 valence electrons. The largest absolute Gasteiger partial charge is 0.343 e. The van der Waals surface area contributed by atoms with Crippen molar-refractivity contribution in [2.75, 3.05) is 0 Å². The predicted molar refractivity (Wildman–Crippen MR) is 49.0 cm³/mol. The molecule has 0 aliphatic carbocycles. The first-order chi connectivity index (χ1) is 5.02. The number of nitrogens with zero attached hydrogens (tertiary/aromatic N) is 1. The Bertz CT molecular complexity index is 216. The van der Waals surface area contributed by atoms with Gasteiger partial charge in [-0.3, -0.25) is 0 Å². The molecule has 0 amide bonds. The first kappa shape index (κ1) is 8.12. The van der Waals surface area contributed by atoms with Crippen molar-refractivity contribution < 1.29 is 0 Å². The summed E-state index contributed by atoms with van der Waals surface area (Å²) in [5.41, 5.74) is 1.19. The molecular formula is C10H15N. The molecule has 1 rings (SSSR count). The van der Waals surface area contributed by atoms with E-state index in [1.807, 2.05) is 18.2 Å². The molecule has 0 fully saturated rings. The lowest BCUT2D eigenvalue weighted by Gasteiger charge is -2.36. The molecule has 11 heavy (non-hydrogen) atoms. The Morgan fingerprint density at radius 3 is 2.27 bits per heavy atom. The highest BCUT2D eigenvalue weighted by Crippen LogP contribution is 2.21. The second kappa shape index (κ2) is 2.57. The second-order valence-corrected chi connectivity index (χ2v) is 3.73. The Balaban J connectivity index is 2.82. The van der Waals surface area contributed by atoms with E-state index in [0.29, 0.717) is 0 Å². The minimum atomic E-state index is 0.137. The maximum atomic E-state index is 3.95. The summed E-state index contributed by atoms with van der Waals surface area (Å²) in [4.78, 5) is 2.16. The molecule has 1 aliphatic rings. The summed E-state index contributed by atoms with van der Waals surface area (Å²) in [7, 11) is 0. The van der Waals surface area contributed by atoms with Gasteiger partial charge in [-0.1, -0.05) is 12.7 Å². The zero-order chi connectivity index (χ0) is 8.48. The van der Waals surface area contributed by atoms with E-state index in [2.05, 4.69) is 38.5 Å². The van der Waals surface area contributed by atoms with Crippen LogP contribution in [0.2, 0.25) is 0 Å². The molecule has 1 nitrogen and oxygen atoms in total. The van der Waals surface area contributed by atoms with E-state index >= 15 is 0 Å². The third-order valence-corrected chi connectivity index (χ3v) is 1.67. The summed E-state index contributed by atoms with van der Waals surface area (Å²) in [6, 6.07) is 0. The standard InChI is InChI=1S/C10H15N/c1-9-7-5-6-8-11(9)10(2,3)4/h5-8H,1H2,2-4H3. The average Bonchev–Trinajstić information content (AvgIpc) is 1.86. The topological polar surface area (TPSA) is 3.24 Å². The zero-order valence-electron chi connectivity index (χ0n) is 7.46. The van der Waals surface area contributed by atoms with Crippen LogP contribution in [0, 0.1) is 0 Å². The summed E-state index contributed by atoms with van der Waals surface area (Å²) in [6.07, 6.45) is 8.11. The van der Waals surface area contributed by atoms with Crippen LogP contribution >= 0.6 is 0 Å². The summed E-state index contributed by atoms with van der Waals surface area (Å²) < 4.78 is 0. The van der Waals surface area contributed by atoms with Crippen molar-refractivity contribution >= 4 is 0 Å². The molecular weight excluding hydrogens is 134 g/mol. The normalized spacial score (nSPS) is 17.7. The third-order valence-electron chi connectivity index (χ3n) is 1.67. The summed E-state index contributed by atoms with van der Waals surface area (Å²) in [6.45, 7) is 10.5. The van der Waals surface area contributed by atoms with Crippen LogP contribution in [0.5, 0.6) is 0 Å². The van der Waals surface area contributed by atoms with Gasteiger partial charge < -0.3 is 4.90 Å². The van der Waals surface area contributed by atoms with E-state index in [1.165, 1.54) is 0 Å². The van der Waals surface area contributed by atoms with Gasteiger partial charge in [0.15, 0.2) is 0 Å². The number of hydrogen-bond acceptors (Lipinski definition) is 1. The van der Waals surface area contributed by atoms with E-state index in [0.717, 1.165) is 5.70 Å². The van der Waals surface area contributed by atoms with Gasteiger partial charge in [0.05, 0.1) is 0 Å². The van der Waals surface area contributed by atoms with Crippen LogP contribution in [-0.2, 0) is 0 Å². The van der Waals surface area contributed by atoms with Crippen LogP contribution in [-0.4, -0.2) is 10.4 Å². The van der Waals surface area contributed by atoms with Gasteiger partial charge in [0.1, 0.15) is 0 Å². The number of rotatable bonds is 0. The van der Waals surface area contributed by atoms with Gasteiger partial charge in [0.2, 0.25) is 0 Å². The van der Waals surface area contributed by atoms with E-state index in [1.54, 1.807) is 0 Å². The maximum Gasteiger partial charge on any atom is 0.0361 e. The summed E-state index contributed by atoms with van der Waals surface area (Å²) in [5, 5.41) is 0. The van der Waals surface area contributed by atoms with Crippen LogP contribution in [0.3, 0.4) is 0 Å². The third kappa shape index (κ3) is 1.73. The number of allylic oxidation sites excluding steroid dienone is 3. The molecule has 1 heterocycles. The van der Waals surface area contributed by atoms with Crippen LogP contribution in [0.25, 0.3) is 0 Å². The van der Waals surface area contributed by atoms with Crippen molar-refractivity contribution in [3.05, 3.63) is 36.7 Å². The van der Waals surface area contributed by atoms with E-state index in [4.69, 9.17) is 0 Å². The molecule has 0 atom stereocenters. The SMILES string of the molecule is C=C1C=CC=CN1C(C)(C)C. The highest BCUT2D eigenvalue weighted by atomic mass is 15.2. The Labute approximate surface area is 68.7 Å². The lowest BCUT2D eigenvalue weighted by Crippen LogP contribution is -2.36. The van der Waals surface area contributed by atoms with Gasteiger partial charge in [-0.15, -0.1) is 0 Å². The Kier molecular flexibility index (Phi) is 1.90. The fourth-order valence-electron chi connectivity index (χ4n) is 1.13. The molecule has 0 saturated heterocycles. The van der Waals surface area contributed by atoms with Gasteiger partial charge in [-0.2, -0.15) is 0 Å². The van der Waals surface area contributed by atoms with Crippen molar-refractivity contribution in [1.82, 2.24) is 4.90 Å². The molecule has 0 aromatic heterocycles. The van der Waals surface area contributed by atoms with E-state index in [9.17, 15) is 0 Å². The summed E-state index contributed by atoms with van der Waals surface area (Å²) >= 11 is 0. The lowest BCUT2D eigenvalue weighted by atomic mass is 10.0. The van der Waals surface area contributed by atoms with E-state index < -0.39 is 0 Å². The molecule has 0 aromatic rings. The van der Waals surface area contributed by atoms with Crippen LogP contribution < -0.4 is 0 Å². The Morgan fingerprint density at radius 1 is 1.27 bits per heavy atom. The lowest BCUT2D eigenvalue weighted by molar-refractivity contribution is 0.265. The zero-order valence-corrected chi connectivity index (χ0v) is 7.46. The van der Waals surface area contributed by atoms with Crippen molar-refractivity contribution in [1.29, 1.82) is 0 Å². The molecule has 0 aromatic carbocycles. The predicted octanol–water partition coefficient (Wildman–Crippen LogP) is 2.68. The van der Waals surface area contributed by atoms with Crippen LogP contribution in [0.15, 0.2) is 36.7 Å². The molecule has 1 aliphatic heterocycles. The van der Waals surface area contributed by atoms with Crippen LogP contribution in [0.4, 0.5) is 0 Å². The van der Waals surface area contributed by atoms with Crippen molar-refractivity contribution in [3.8, 4) is 0 Å². The molecule has 0 bridgehead atoms. The minimum Gasteiger partial charge on any atom is -0.343 e. The van der Waals surface area contributed by atoms with Gasteiger partial charge in [-0.25, -0.2) is 0 Å². The van der Waals surface area contributed by atoms with Crippen LogP contribution in [0.1, 0.15) is 20.8 Å². The first-order valence-electron chi connectivity index (χ1n) is 3.85. The van der Waals surface area contributed by atoms with Crippen molar-refractivity contribution in [3.63, 3.8) is 0 Å². The molecule has 0 saturated carbocycles. The quantitative estimate of drug-likeness (QED) is 0.512. The molecule has 1 heteroatoms. The van der Waals surface area contributed by atoms with Crippen molar-refractivity contribution in [2.45, 2.75) is 26.3 Å². The first-order valence-corrected chi connectivity index (χ1v) is 3.85. The molecule has 0 radical (unpaired) electrons. The fourth-order valence-corrected chi connectivity index (χ4v) is 1.13. The Hall–Kier alpha value is -0.980. The van der Waals surface area contributed by atoms with Gasteiger partial charge >= 0.3 is 0 Å². The van der Waals surface area contributed by atoms with Gasteiger partial charge in [-0.05, 0) is 32.9 Å². The van der Waals surface area contributed by atoms with Gasteiger partial charge in [0.25, 0.3) is 0 Å². The highest BCUT2D eigenvalue weighted by molar-refractivity contribution is 5.26.